The first kappa shape index (κ1) is 22.7. The summed E-state index contributed by atoms with van der Waals surface area (Å²) in [6, 6.07) is 2.24. The highest BCUT2D eigenvalue weighted by Crippen LogP contribution is 2.23. The minimum absolute atomic E-state index is 0.271. The van der Waals surface area contributed by atoms with E-state index in [9.17, 15) is 4.79 Å². The van der Waals surface area contributed by atoms with Crippen LogP contribution in [0.15, 0.2) is 47.6 Å². The number of allylic oxidation sites excluding steroid dienone is 6. The number of hydrogen-bond donors (Lipinski definition) is 0. The van der Waals surface area contributed by atoms with Crippen LogP contribution in [0.25, 0.3) is 6.08 Å². The molecule has 0 heterocycles. The van der Waals surface area contributed by atoms with Crippen molar-refractivity contribution in [3.05, 3.63) is 75.4 Å². The molecule has 0 aliphatic heterocycles. The van der Waals surface area contributed by atoms with Crippen molar-refractivity contribution in [2.24, 2.45) is 0 Å². The number of unbranched alkanes of at least 4 members (excludes halogenated alkanes) is 1. The second kappa shape index (κ2) is 11.4. The van der Waals surface area contributed by atoms with Crippen molar-refractivity contribution >= 4 is 12.0 Å². The molecule has 0 amide bonds. The van der Waals surface area contributed by atoms with Crippen molar-refractivity contribution in [2.75, 3.05) is 6.61 Å². The molecule has 0 saturated carbocycles. The summed E-state index contributed by atoms with van der Waals surface area (Å²) in [5.74, 6) is -0.271. The number of ether oxygens (including phenoxy) is 1. The zero-order valence-electron chi connectivity index (χ0n) is 18.0. The smallest absolute Gasteiger partial charge is 0.331 e. The van der Waals surface area contributed by atoms with Crippen LogP contribution in [0.2, 0.25) is 0 Å². The van der Waals surface area contributed by atoms with Crippen LogP contribution in [0.4, 0.5) is 0 Å². The summed E-state index contributed by atoms with van der Waals surface area (Å²) < 4.78 is 5.13. The van der Waals surface area contributed by atoms with Crippen LogP contribution in [0.5, 0.6) is 0 Å². The molecule has 1 aromatic carbocycles. The van der Waals surface area contributed by atoms with E-state index in [1.165, 1.54) is 33.9 Å². The van der Waals surface area contributed by atoms with Gasteiger partial charge in [-0.25, -0.2) is 4.79 Å². The van der Waals surface area contributed by atoms with Crippen molar-refractivity contribution in [1.82, 2.24) is 0 Å². The molecule has 0 unspecified atom stereocenters. The van der Waals surface area contributed by atoms with E-state index in [2.05, 4.69) is 59.8 Å². The van der Waals surface area contributed by atoms with Gasteiger partial charge in [0.25, 0.3) is 0 Å². The number of hydrogen-bond acceptors (Lipinski definition) is 2. The maximum atomic E-state index is 11.6. The van der Waals surface area contributed by atoms with Crippen molar-refractivity contribution in [3.8, 4) is 0 Å². The van der Waals surface area contributed by atoms with Crippen molar-refractivity contribution in [3.63, 3.8) is 0 Å². The number of aryl methyl sites for hydroxylation is 2. The molecule has 0 aromatic heterocycles. The van der Waals surface area contributed by atoms with Gasteiger partial charge in [0.1, 0.15) is 0 Å². The first-order chi connectivity index (χ1) is 12.8. The topological polar surface area (TPSA) is 26.3 Å². The Labute approximate surface area is 165 Å². The Hall–Kier alpha value is -2.35. The zero-order valence-corrected chi connectivity index (χ0v) is 18.0. The Morgan fingerprint density at radius 3 is 2.37 bits per heavy atom. The Balaban J connectivity index is 2.75. The third-order valence-corrected chi connectivity index (χ3v) is 4.73. The van der Waals surface area contributed by atoms with E-state index in [0.29, 0.717) is 6.61 Å². The van der Waals surface area contributed by atoms with Gasteiger partial charge in [-0.3, -0.25) is 0 Å². The Kier molecular flexibility index (Phi) is 9.56. The average molecular weight is 367 g/mol. The fourth-order valence-corrected chi connectivity index (χ4v) is 2.78. The molecule has 0 bridgehead atoms. The highest BCUT2D eigenvalue weighted by atomic mass is 16.5. The molecule has 1 rings (SSSR count). The highest BCUT2D eigenvalue weighted by Gasteiger charge is 2.05. The summed E-state index contributed by atoms with van der Waals surface area (Å²) >= 11 is 0. The molecule has 146 valence electrons. The van der Waals surface area contributed by atoms with Crippen LogP contribution in [-0.4, -0.2) is 12.6 Å². The minimum Gasteiger partial charge on any atom is -0.463 e. The third-order valence-electron chi connectivity index (χ3n) is 4.73. The second-order valence-corrected chi connectivity index (χ2v) is 7.19. The maximum absolute atomic E-state index is 11.6. The molecule has 0 spiro atoms. The summed E-state index contributed by atoms with van der Waals surface area (Å²) in [6.07, 6.45) is 13.7. The third kappa shape index (κ3) is 7.82. The van der Waals surface area contributed by atoms with E-state index in [-0.39, 0.29) is 5.97 Å². The molecule has 2 heteroatoms. The van der Waals surface area contributed by atoms with Crippen molar-refractivity contribution in [2.45, 2.75) is 61.3 Å². The van der Waals surface area contributed by atoms with Gasteiger partial charge in [0.15, 0.2) is 0 Å². The molecule has 2 nitrogen and oxygen atoms in total. The molecule has 27 heavy (non-hydrogen) atoms. The van der Waals surface area contributed by atoms with Gasteiger partial charge in [0.2, 0.25) is 0 Å². The van der Waals surface area contributed by atoms with Crippen LogP contribution in [0, 0.1) is 27.7 Å². The summed E-state index contributed by atoms with van der Waals surface area (Å²) in [4.78, 5) is 11.6. The fourth-order valence-electron chi connectivity index (χ4n) is 2.78. The van der Waals surface area contributed by atoms with Gasteiger partial charge in [-0.15, -0.1) is 0 Å². The molecule has 0 atom stereocenters. The van der Waals surface area contributed by atoms with Gasteiger partial charge in [0.05, 0.1) is 6.61 Å². The summed E-state index contributed by atoms with van der Waals surface area (Å²) in [6.45, 7) is 15.2. The quantitative estimate of drug-likeness (QED) is 0.221. The standard InChI is InChI=1S/C25H34O2/c1-8-9-15-27-25(26)16-19(3)12-10-11-18(2)13-14-24-21(5)17-20(4)22(6)23(24)7/h10-14,16-17H,8-9,15H2,1-7H3/b12-10+,14-13+,18-11+,19-16+. The van der Waals surface area contributed by atoms with E-state index < -0.39 is 0 Å². The zero-order chi connectivity index (χ0) is 20.4. The monoisotopic (exact) mass is 366 g/mol. The van der Waals surface area contributed by atoms with Crippen LogP contribution >= 0.6 is 0 Å². The summed E-state index contributed by atoms with van der Waals surface area (Å²) in [7, 11) is 0. The van der Waals surface area contributed by atoms with Crippen molar-refractivity contribution < 1.29 is 9.53 Å². The van der Waals surface area contributed by atoms with E-state index in [1.807, 2.05) is 25.2 Å². The summed E-state index contributed by atoms with van der Waals surface area (Å²) in [5.41, 5.74) is 8.66. The Morgan fingerprint density at radius 2 is 1.70 bits per heavy atom. The normalized spacial score (nSPS) is 13.0. The predicted octanol–water partition coefficient (Wildman–Crippen LogP) is 6.73. The number of rotatable bonds is 8. The van der Waals surface area contributed by atoms with Gasteiger partial charge in [-0.1, -0.05) is 55.4 Å². The SMILES string of the molecule is CCCCOC(=O)/C=C(C)/C=C/C=C(C)/C=C/c1c(C)cc(C)c(C)c1C. The minimum atomic E-state index is -0.271. The maximum Gasteiger partial charge on any atom is 0.331 e. The number of carbonyl (C=O) groups excluding carboxylic acids is 1. The van der Waals surface area contributed by atoms with Crippen molar-refractivity contribution in [1.29, 1.82) is 0 Å². The van der Waals surface area contributed by atoms with Crippen LogP contribution in [0.1, 0.15) is 61.4 Å². The lowest BCUT2D eigenvalue weighted by Crippen LogP contribution is -2.02. The number of esters is 1. The molecule has 0 fully saturated rings. The van der Waals surface area contributed by atoms with Gasteiger partial charge in [-0.2, -0.15) is 0 Å². The Bertz CT molecular complexity index is 774. The molecule has 0 aliphatic carbocycles. The van der Waals surface area contributed by atoms with Gasteiger partial charge in [-0.05, 0) is 81.4 Å². The lowest BCUT2D eigenvalue weighted by Gasteiger charge is -2.12. The van der Waals surface area contributed by atoms with Gasteiger partial charge < -0.3 is 4.74 Å². The number of carbonyl (C=O) groups is 1. The molecule has 0 saturated heterocycles. The number of benzene rings is 1. The molecular formula is C25H34O2. The van der Waals surface area contributed by atoms with Crippen LogP contribution in [0.3, 0.4) is 0 Å². The first-order valence-electron chi connectivity index (χ1n) is 9.71. The molecule has 0 aliphatic rings. The lowest BCUT2D eigenvalue weighted by atomic mass is 9.94. The largest absolute Gasteiger partial charge is 0.463 e. The first-order valence-corrected chi connectivity index (χ1v) is 9.71. The van der Waals surface area contributed by atoms with Gasteiger partial charge >= 0.3 is 5.97 Å². The predicted molar refractivity (Wildman–Crippen MR) is 117 cm³/mol. The second-order valence-electron chi connectivity index (χ2n) is 7.19. The highest BCUT2D eigenvalue weighted by molar-refractivity contribution is 5.83. The van der Waals surface area contributed by atoms with E-state index in [1.54, 1.807) is 0 Å². The van der Waals surface area contributed by atoms with E-state index >= 15 is 0 Å². The lowest BCUT2D eigenvalue weighted by molar-refractivity contribution is -0.137. The average Bonchev–Trinajstić information content (AvgIpc) is 2.59. The molecule has 1 aromatic rings. The summed E-state index contributed by atoms with van der Waals surface area (Å²) in [5, 5.41) is 0. The molecular weight excluding hydrogens is 332 g/mol. The molecule has 0 radical (unpaired) electrons. The molecule has 0 N–H and O–H groups in total. The van der Waals surface area contributed by atoms with E-state index in [0.717, 1.165) is 24.0 Å². The fraction of sp³-hybridized carbons (Fsp3) is 0.400. The van der Waals surface area contributed by atoms with Gasteiger partial charge in [0, 0.05) is 6.08 Å². The van der Waals surface area contributed by atoms with Crippen LogP contribution in [-0.2, 0) is 9.53 Å². The van der Waals surface area contributed by atoms with Crippen LogP contribution < -0.4 is 0 Å². The Morgan fingerprint density at radius 1 is 1.00 bits per heavy atom. The van der Waals surface area contributed by atoms with E-state index in [4.69, 9.17) is 4.74 Å².